The smallest absolute Gasteiger partial charge is 0.306 e. The number of hydrogen-bond donors (Lipinski definition) is 2. The highest BCUT2D eigenvalue weighted by Crippen LogP contribution is 2.31. The van der Waals surface area contributed by atoms with Gasteiger partial charge in [0.2, 0.25) is 0 Å². The number of rotatable bonds is 2. The number of benzene rings is 2. The summed E-state index contributed by atoms with van der Waals surface area (Å²) in [4.78, 5) is 16.4. The highest BCUT2D eigenvalue weighted by atomic mass is 79.9. The van der Waals surface area contributed by atoms with Crippen LogP contribution in [0.15, 0.2) is 46.9 Å². The van der Waals surface area contributed by atoms with Gasteiger partial charge < -0.3 is 5.32 Å². The van der Waals surface area contributed by atoms with Gasteiger partial charge >= 0.3 is 6.03 Å². The molecule has 0 unspecified atom stereocenters. The number of thiazole rings is 1. The first-order valence-electron chi connectivity index (χ1n) is 6.01. The van der Waals surface area contributed by atoms with Gasteiger partial charge in [-0.25, -0.2) is 9.78 Å². The molecule has 3 rings (SSSR count). The molecule has 1 aromatic heterocycles. The van der Waals surface area contributed by atoms with Crippen LogP contribution in [0.25, 0.3) is 10.2 Å². The van der Waals surface area contributed by atoms with E-state index in [-0.39, 0.29) is 6.03 Å². The Morgan fingerprint density at radius 1 is 1.14 bits per heavy atom. The van der Waals surface area contributed by atoms with Crippen molar-refractivity contribution >= 4 is 65.9 Å². The van der Waals surface area contributed by atoms with Crippen molar-refractivity contribution in [3.8, 4) is 0 Å². The lowest BCUT2D eigenvalue weighted by Crippen LogP contribution is -2.19. The molecule has 0 atom stereocenters. The molecule has 0 aliphatic carbocycles. The zero-order valence-electron chi connectivity index (χ0n) is 10.6. The van der Waals surface area contributed by atoms with Crippen LogP contribution in [0.1, 0.15) is 0 Å². The number of carbonyl (C=O) groups excluding carboxylic acids is 1. The number of aromatic nitrogens is 1. The molecule has 4 nitrogen and oxygen atoms in total. The Morgan fingerprint density at radius 3 is 2.71 bits per heavy atom. The van der Waals surface area contributed by atoms with Crippen molar-refractivity contribution in [3.63, 3.8) is 0 Å². The topological polar surface area (TPSA) is 54.0 Å². The average Bonchev–Trinajstić information content (AvgIpc) is 2.85. The minimum atomic E-state index is -0.377. The Hall–Kier alpha value is -1.63. The Labute approximate surface area is 138 Å². The highest BCUT2D eigenvalue weighted by Gasteiger charge is 2.10. The van der Waals surface area contributed by atoms with Crippen LogP contribution in [0.3, 0.4) is 0 Å². The molecule has 0 bridgehead atoms. The first-order chi connectivity index (χ1) is 10.1. The van der Waals surface area contributed by atoms with Crippen molar-refractivity contribution in [1.82, 2.24) is 4.98 Å². The van der Waals surface area contributed by atoms with E-state index < -0.39 is 0 Å². The van der Waals surface area contributed by atoms with Gasteiger partial charge in [0.05, 0.1) is 20.9 Å². The van der Waals surface area contributed by atoms with E-state index in [2.05, 4.69) is 31.5 Å². The molecule has 2 amide bonds. The summed E-state index contributed by atoms with van der Waals surface area (Å²) in [5, 5.41) is 6.42. The Morgan fingerprint density at radius 2 is 1.95 bits per heavy atom. The molecule has 0 radical (unpaired) electrons. The second-order valence-electron chi connectivity index (χ2n) is 4.16. The molecule has 0 saturated heterocycles. The fourth-order valence-electron chi connectivity index (χ4n) is 1.78. The van der Waals surface area contributed by atoms with Gasteiger partial charge in [-0.05, 0) is 40.2 Å². The van der Waals surface area contributed by atoms with E-state index in [1.54, 1.807) is 24.3 Å². The van der Waals surface area contributed by atoms with Crippen molar-refractivity contribution in [2.45, 2.75) is 0 Å². The third kappa shape index (κ3) is 3.18. The van der Waals surface area contributed by atoms with E-state index >= 15 is 0 Å². The maximum atomic E-state index is 12.0. The van der Waals surface area contributed by atoms with Gasteiger partial charge in [-0.3, -0.25) is 5.32 Å². The van der Waals surface area contributed by atoms with Gasteiger partial charge in [-0.15, -0.1) is 0 Å². The SMILES string of the molecule is O=C(Nc1nc2c(Br)cccc2s1)Nc1ccccc1Cl. The van der Waals surface area contributed by atoms with Crippen LogP contribution >= 0.6 is 38.9 Å². The monoisotopic (exact) mass is 381 g/mol. The molecule has 1 heterocycles. The number of urea groups is 1. The third-order valence-electron chi connectivity index (χ3n) is 2.71. The number of carbonyl (C=O) groups is 1. The summed E-state index contributed by atoms with van der Waals surface area (Å²) in [5.74, 6) is 0. The number of amides is 2. The second-order valence-corrected chi connectivity index (χ2v) is 6.46. The summed E-state index contributed by atoms with van der Waals surface area (Å²) in [6, 6.07) is 12.5. The van der Waals surface area contributed by atoms with E-state index in [9.17, 15) is 4.79 Å². The molecule has 7 heteroatoms. The van der Waals surface area contributed by atoms with Crippen LogP contribution < -0.4 is 10.6 Å². The second kappa shape index (κ2) is 6.01. The number of fused-ring (bicyclic) bond motifs is 1. The van der Waals surface area contributed by atoms with Crippen LogP contribution in [-0.4, -0.2) is 11.0 Å². The summed E-state index contributed by atoms with van der Waals surface area (Å²) in [7, 11) is 0. The molecular formula is C14H9BrClN3OS. The van der Waals surface area contributed by atoms with Crippen LogP contribution in [-0.2, 0) is 0 Å². The predicted molar refractivity (Wildman–Crippen MR) is 91.4 cm³/mol. The van der Waals surface area contributed by atoms with Crippen LogP contribution in [0.5, 0.6) is 0 Å². The van der Waals surface area contributed by atoms with Gasteiger partial charge in [-0.2, -0.15) is 0 Å². The number of halogens is 2. The maximum absolute atomic E-state index is 12.0. The van der Waals surface area contributed by atoms with E-state index in [0.29, 0.717) is 15.8 Å². The number of nitrogens with one attached hydrogen (secondary N) is 2. The Kier molecular flexibility index (Phi) is 4.10. The van der Waals surface area contributed by atoms with Crippen molar-refractivity contribution in [2.24, 2.45) is 0 Å². The Bertz CT molecular complexity index is 821. The van der Waals surface area contributed by atoms with Crippen molar-refractivity contribution in [3.05, 3.63) is 52.0 Å². The molecule has 0 fully saturated rings. The molecule has 2 N–H and O–H groups in total. The minimum absolute atomic E-state index is 0.377. The highest BCUT2D eigenvalue weighted by molar-refractivity contribution is 9.10. The first kappa shape index (κ1) is 14.3. The molecule has 106 valence electrons. The zero-order valence-corrected chi connectivity index (χ0v) is 13.7. The number of nitrogens with zero attached hydrogens (tertiary/aromatic N) is 1. The van der Waals surface area contributed by atoms with Gasteiger partial charge in [0, 0.05) is 4.47 Å². The van der Waals surface area contributed by atoms with Gasteiger partial charge in [-0.1, -0.05) is 41.1 Å². The number of hydrogen-bond acceptors (Lipinski definition) is 3. The van der Waals surface area contributed by atoms with E-state index in [1.807, 2.05) is 18.2 Å². The zero-order chi connectivity index (χ0) is 14.8. The Balaban J connectivity index is 1.77. The van der Waals surface area contributed by atoms with Crippen molar-refractivity contribution in [1.29, 1.82) is 0 Å². The molecule has 0 aliphatic heterocycles. The lowest BCUT2D eigenvalue weighted by molar-refractivity contribution is 0.262. The lowest BCUT2D eigenvalue weighted by Gasteiger charge is -2.06. The number of anilines is 2. The number of para-hydroxylation sites is 2. The van der Waals surface area contributed by atoms with Gasteiger partial charge in [0.25, 0.3) is 0 Å². The maximum Gasteiger partial charge on any atom is 0.325 e. The molecule has 3 aromatic rings. The van der Waals surface area contributed by atoms with Crippen molar-refractivity contribution < 1.29 is 4.79 Å². The summed E-state index contributed by atoms with van der Waals surface area (Å²) in [5.41, 5.74) is 1.38. The fourth-order valence-corrected chi connectivity index (χ4v) is 3.44. The minimum Gasteiger partial charge on any atom is -0.306 e. The normalized spacial score (nSPS) is 10.6. The molecule has 0 aliphatic rings. The summed E-state index contributed by atoms with van der Waals surface area (Å²) in [6.45, 7) is 0. The van der Waals surface area contributed by atoms with Gasteiger partial charge in [0.15, 0.2) is 5.13 Å². The van der Waals surface area contributed by atoms with Crippen LogP contribution in [0.4, 0.5) is 15.6 Å². The summed E-state index contributed by atoms with van der Waals surface area (Å²) in [6.07, 6.45) is 0. The molecule has 0 spiro atoms. The van der Waals surface area contributed by atoms with E-state index in [0.717, 1.165) is 14.7 Å². The van der Waals surface area contributed by atoms with Crippen molar-refractivity contribution in [2.75, 3.05) is 10.6 Å². The third-order valence-corrected chi connectivity index (χ3v) is 4.62. The summed E-state index contributed by atoms with van der Waals surface area (Å²) >= 11 is 10.8. The standard InChI is InChI=1S/C14H9BrClN3OS/c15-8-4-3-7-11-12(8)18-14(21-11)19-13(20)17-10-6-2-1-5-9(10)16/h1-7H,(H2,17,18,19,20). The van der Waals surface area contributed by atoms with Gasteiger partial charge in [0.1, 0.15) is 0 Å². The molecule has 0 saturated carbocycles. The van der Waals surface area contributed by atoms with E-state index in [1.165, 1.54) is 11.3 Å². The largest absolute Gasteiger partial charge is 0.325 e. The molecule has 2 aromatic carbocycles. The quantitative estimate of drug-likeness (QED) is 0.627. The summed E-state index contributed by atoms with van der Waals surface area (Å²) < 4.78 is 1.90. The van der Waals surface area contributed by atoms with E-state index in [4.69, 9.17) is 11.6 Å². The predicted octanol–water partition coefficient (Wildman–Crippen LogP) is 5.36. The van der Waals surface area contributed by atoms with Crippen LogP contribution in [0, 0.1) is 0 Å². The average molecular weight is 383 g/mol. The molecule has 21 heavy (non-hydrogen) atoms. The van der Waals surface area contributed by atoms with Crippen LogP contribution in [0.2, 0.25) is 5.02 Å². The molecular weight excluding hydrogens is 374 g/mol. The lowest BCUT2D eigenvalue weighted by atomic mass is 10.3. The first-order valence-corrected chi connectivity index (χ1v) is 8.00. The fraction of sp³-hybridized carbons (Fsp3) is 0.